The molecule has 1 aromatic carbocycles. The number of rotatable bonds is 7. The molecule has 10 nitrogen and oxygen atoms in total. The molecule has 0 spiro atoms. The first kappa shape index (κ1) is 23.3. The molecule has 3 aliphatic rings. The van der Waals surface area contributed by atoms with E-state index in [2.05, 4.69) is 33.3 Å². The highest BCUT2D eigenvalue weighted by molar-refractivity contribution is 5.94. The van der Waals surface area contributed by atoms with E-state index in [-0.39, 0.29) is 17.9 Å². The number of aromatic nitrogens is 1. The van der Waals surface area contributed by atoms with Crippen LogP contribution in [0, 0.1) is 6.92 Å². The quantitative estimate of drug-likeness (QED) is 0.180. The van der Waals surface area contributed by atoms with Gasteiger partial charge in [0.05, 0.1) is 11.1 Å². The molecule has 4 heterocycles. The standard InChI is InChI=1S/C25H31N7O3/c1-15-16(2-6-21-22(15)13-35-25(21)34)8-9-31-19-4-5-20(31)11-18(10-19)30-24(33)17-3-7-23(28-12-17)32(27)14-29-26/h2-3,6-7,12,14,18-20H,4-5,8-11,13,26-27H2,1H3,(H,30,33)/b29-14-. The summed E-state index contributed by atoms with van der Waals surface area (Å²) in [6, 6.07) is 8.43. The van der Waals surface area contributed by atoms with Gasteiger partial charge >= 0.3 is 5.97 Å². The Morgan fingerprint density at radius 2 is 2.06 bits per heavy atom. The van der Waals surface area contributed by atoms with Gasteiger partial charge in [0.2, 0.25) is 0 Å². The normalized spacial score (nSPS) is 23.4. The first-order valence-corrected chi connectivity index (χ1v) is 12.0. The molecule has 2 fully saturated rings. The van der Waals surface area contributed by atoms with Gasteiger partial charge in [-0.15, -0.1) is 0 Å². The number of esters is 1. The van der Waals surface area contributed by atoms with Gasteiger partial charge in [0.25, 0.3) is 5.91 Å². The summed E-state index contributed by atoms with van der Waals surface area (Å²) in [5.74, 6) is 11.0. The second kappa shape index (κ2) is 9.63. The molecule has 5 N–H and O–H groups in total. The van der Waals surface area contributed by atoms with Crippen LogP contribution in [0.4, 0.5) is 5.82 Å². The van der Waals surface area contributed by atoms with Crippen LogP contribution in [-0.2, 0) is 17.8 Å². The van der Waals surface area contributed by atoms with Gasteiger partial charge in [0.1, 0.15) is 18.8 Å². The van der Waals surface area contributed by atoms with E-state index in [0.717, 1.165) is 44.2 Å². The maximum atomic E-state index is 12.8. The Kier molecular flexibility index (Phi) is 6.40. The van der Waals surface area contributed by atoms with Crippen LogP contribution in [-0.4, -0.2) is 52.8 Å². The van der Waals surface area contributed by atoms with Crippen LogP contribution in [0.1, 0.15) is 63.1 Å². The Balaban J connectivity index is 1.17. The molecule has 1 aromatic heterocycles. The zero-order chi connectivity index (χ0) is 24.5. The highest BCUT2D eigenvalue weighted by Gasteiger charge is 2.40. The van der Waals surface area contributed by atoms with E-state index < -0.39 is 0 Å². The number of hydrazine groups is 1. The van der Waals surface area contributed by atoms with Gasteiger partial charge in [-0.25, -0.2) is 20.6 Å². The molecule has 2 unspecified atom stereocenters. The number of pyridine rings is 1. The van der Waals surface area contributed by atoms with Crippen molar-refractivity contribution in [2.45, 2.75) is 63.8 Å². The summed E-state index contributed by atoms with van der Waals surface area (Å²) in [4.78, 5) is 31.4. The predicted octanol–water partition coefficient (Wildman–Crippen LogP) is 1.61. The number of fused-ring (bicyclic) bond motifs is 3. The number of carbonyl (C=O) groups is 2. The van der Waals surface area contributed by atoms with Gasteiger partial charge in [-0.3, -0.25) is 9.69 Å². The average molecular weight is 478 g/mol. The van der Waals surface area contributed by atoms with Crippen molar-refractivity contribution in [1.82, 2.24) is 15.2 Å². The molecule has 0 aliphatic carbocycles. The van der Waals surface area contributed by atoms with Gasteiger partial charge in [-0.2, -0.15) is 5.10 Å². The minimum atomic E-state index is -0.217. The number of nitrogens with zero attached hydrogens (tertiary/aromatic N) is 4. The summed E-state index contributed by atoms with van der Waals surface area (Å²) in [6.45, 7) is 3.46. The molecule has 35 heavy (non-hydrogen) atoms. The maximum Gasteiger partial charge on any atom is 0.338 e. The molecule has 1 amide bonds. The summed E-state index contributed by atoms with van der Waals surface area (Å²) in [7, 11) is 0. The van der Waals surface area contributed by atoms with E-state index in [1.54, 1.807) is 12.1 Å². The van der Waals surface area contributed by atoms with Crippen molar-refractivity contribution in [2.75, 3.05) is 11.6 Å². The Morgan fingerprint density at radius 1 is 1.29 bits per heavy atom. The molecule has 2 aromatic rings. The maximum absolute atomic E-state index is 12.8. The fraction of sp³-hybridized carbons (Fsp3) is 0.440. The minimum absolute atomic E-state index is 0.122. The Labute approximate surface area is 204 Å². The van der Waals surface area contributed by atoms with E-state index in [9.17, 15) is 9.59 Å². The van der Waals surface area contributed by atoms with E-state index >= 15 is 0 Å². The van der Waals surface area contributed by atoms with Crippen LogP contribution < -0.4 is 22.0 Å². The Morgan fingerprint density at radius 3 is 2.74 bits per heavy atom. The fourth-order valence-corrected chi connectivity index (χ4v) is 5.75. The molecule has 2 saturated heterocycles. The van der Waals surface area contributed by atoms with Gasteiger partial charge in [0.15, 0.2) is 0 Å². The van der Waals surface area contributed by atoms with Crippen LogP contribution in [0.25, 0.3) is 0 Å². The van der Waals surface area contributed by atoms with Crippen molar-refractivity contribution in [3.63, 3.8) is 0 Å². The molecular weight excluding hydrogens is 446 g/mol. The molecule has 184 valence electrons. The van der Waals surface area contributed by atoms with E-state index in [0.29, 0.717) is 35.6 Å². The SMILES string of the molecule is Cc1c(CCN2C3CCC2CC(NC(=O)c2ccc(N(N)/C=N\N)nc2)C3)ccc2c1COC2=O. The third-order valence-electron chi connectivity index (χ3n) is 7.60. The number of nitrogens with two attached hydrogens (primary N) is 2. The number of nitrogens with one attached hydrogen (secondary N) is 1. The second-order valence-electron chi connectivity index (χ2n) is 9.54. The van der Waals surface area contributed by atoms with E-state index in [4.69, 9.17) is 16.4 Å². The molecule has 5 rings (SSSR count). The van der Waals surface area contributed by atoms with Crippen molar-refractivity contribution in [3.8, 4) is 0 Å². The predicted molar refractivity (Wildman–Crippen MR) is 132 cm³/mol. The first-order chi connectivity index (χ1) is 16.9. The van der Waals surface area contributed by atoms with Crippen molar-refractivity contribution in [2.24, 2.45) is 16.8 Å². The lowest BCUT2D eigenvalue weighted by atomic mass is 9.94. The molecule has 10 heteroatoms. The molecule has 2 atom stereocenters. The van der Waals surface area contributed by atoms with Crippen LogP contribution in [0.15, 0.2) is 35.6 Å². The van der Waals surface area contributed by atoms with Gasteiger partial charge in [-0.05, 0) is 68.4 Å². The lowest BCUT2D eigenvalue weighted by molar-refractivity contribution is 0.0534. The highest BCUT2D eigenvalue weighted by atomic mass is 16.5. The molecule has 0 saturated carbocycles. The van der Waals surface area contributed by atoms with Crippen LogP contribution in [0.5, 0.6) is 0 Å². The first-order valence-electron chi connectivity index (χ1n) is 12.0. The third kappa shape index (κ3) is 4.59. The second-order valence-corrected chi connectivity index (χ2v) is 9.54. The number of amides is 1. The summed E-state index contributed by atoms with van der Waals surface area (Å²) in [6.07, 6.45) is 7.92. The van der Waals surface area contributed by atoms with Crippen molar-refractivity contribution in [3.05, 3.63) is 58.3 Å². The van der Waals surface area contributed by atoms with Crippen LogP contribution in [0.3, 0.4) is 0 Å². The molecule has 3 aliphatic heterocycles. The number of anilines is 1. The molecule has 2 bridgehead atoms. The van der Waals surface area contributed by atoms with Gasteiger partial charge in [0, 0.05) is 36.4 Å². The van der Waals surface area contributed by atoms with E-state index in [1.807, 2.05) is 6.07 Å². The smallest absolute Gasteiger partial charge is 0.338 e. The number of cyclic esters (lactones) is 1. The fourth-order valence-electron chi connectivity index (χ4n) is 5.75. The average Bonchev–Trinajstić information content (AvgIpc) is 3.35. The number of benzene rings is 1. The summed E-state index contributed by atoms with van der Waals surface area (Å²) in [5.41, 5.74) is 4.69. The Hall–Kier alpha value is -3.50. The van der Waals surface area contributed by atoms with Crippen molar-refractivity contribution < 1.29 is 14.3 Å². The van der Waals surface area contributed by atoms with Gasteiger partial charge < -0.3 is 15.9 Å². The topological polar surface area (TPSA) is 139 Å². The summed E-state index contributed by atoms with van der Waals surface area (Å²) < 4.78 is 5.19. The monoisotopic (exact) mass is 477 g/mol. The van der Waals surface area contributed by atoms with Crippen LogP contribution in [0.2, 0.25) is 0 Å². The number of piperidine rings is 1. The summed E-state index contributed by atoms with van der Waals surface area (Å²) >= 11 is 0. The van der Waals surface area contributed by atoms with Gasteiger partial charge in [-0.1, -0.05) is 6.07 Å². The number of carbonyl (C=O) groups excluding carboxylic acids is 2. The molecule has 0 radical (unpaired) electrons. The number of hydrogen-bond acceptors (Lipinski definition) is 8. The molecular formula is C25H31N7O3. The summed E-state index contributed by atoms with van der Waals surface area (Å²) in [5, 5.41) is 7.75. The van der Waals surface area contributed by atoms with Crippen LogP contribution >= 0.6 is 0 Å². The number of ether oxygens (including phenoxy) is 1. The zero-order valence-electron chi connectivity index (χ0n) is 19.8. The highest BCUT2D eigenvalue weighted by Crippen LogP contribution is 2.36. The number of hydrazone groups is 1. The lowest BCUT2D eigenvalue weighted by Crippen LogP contribution is -2.50. The lowest BCUT2D eigenvalue weighted by Gasteiger charge is -2.39. The van der Waals surface area contributed by atoms with Crippen molar-refractivity contribution >= 4 is 24.0 Å². The largest absolute Gasteiger partial charge is 0.457 e. The zero-order valence-corrected chi connectivity index (χ0v) is 19.8. The Bertz CT molecular complexity index is 1140. The van der Waals surface area contributed by atoms with E-state index in [1.165, 1.54) is 28.7 Å². The van der Waals surface area contributed by atoms with Crippen molar-refractivity contribution in [1.29, 1.82) is 0 Å². The minimum Gasteiger partial charge on any atom is -0.457 e. The third-order valence-corrected chi connectivity index (χ3v) is 7.60. The number of hydrogen-bond donors (Lipinski definition) is 3.